The molecule has 2 unspecified atom stereocenters. The lowest BCUT2D eigenvalue weighted by Gasteiger charge is -2.32. The van der Waals surface area contributed by atoms with Crippen LogP contribution in [0.5, 0.6) is 0 Å². The molecule has 1 N–H and O–H groups in total. The minimum atomic E-state index is -0.333. The van der Waals surface area contributed by atoms with Crippen molar-refractivity contribution in [3.05, 3.63) is 29.0 Å². The Morgan fingerprint density at radius 1 is 1.18 bits per heavy atom. The number of hydrogen-bond acceptors (Lipinski definition) is 1. The molecule has 2 atom stereocenters. The molecule has 1 nitrogen and oxygen atoms in total. The fraction of sp³-hybridized carbons (Fsp3) is 0.571. The minimum Gasteiger partial charge on any atom is -0.380 e. The van der Waals surface area contributed by atoms with Crippen LogP contribution in [0.25, 0.3) is 0 Å². The molecule has 0 spiro atoms. The number of nitrogens with one attached hydrogen (secondary N) is 1. The van der Waals surface area contributed by atoms with Gasteiger partial charge in [0.15, 0.2) is 5.82 Å². The van der Waals surface area contributed by atoms with Crippen LogP contribution in [-0.2, 0) is 0 Å². The van der Waals surface area contributed by atoms with Gasteiger partial charge in [0.2, 0.25) is 0 Å². The van der Waals surface area contributed by atoms with E-state index in [1.165, 1.54) is 6.42 Å². The van der Waals surface area contributed by atoms with Crippen LogP contribution in [0.2, 0.25) is 5.02 Å². The van der Waals surface area contributed by atoms with Crippen molar-refractivity contribution in [1.82, 2.24) is 0 Å². The summed E-state index contributed by atoms with van der Waals surface area (Å²) in [7, 11) is 0. The Labute approximate surface area is 107 Å². The first kappa shape index (κ1) is 12.7. The van der Waals surface area contributed by atoms with Crippen molar-refractivity contribution in [1.29, 1.82) is 0 Å². The molecular formula is C14H19ClFN. The van der Waals surface area contributed by atoms with E-state index in [0.29, 0.717) is 23.6 Å². The third kappa shape index (κ3) is 3.12. The molecule has 0 aromatic heterocycles. The summed E-state index contributed by atoms with van der Waals surface area (Å²) in [6, 6.07) is 5.48. The SMILES string of the molecule is CC1CC(C)CC(Nc2cccc(Cl)c2F)C1. The van der Waals surface area contributed by atoms with Crippen molar-refractivity contribution in [2.24, 2.45) is 11.8 Å². The molecule has 1 aliphatic rings. The normalized spacial score (nSPS) is 29.1. The molecule has 1 aromatic rings. The Kier molecular flexibility index (Phi) is 3.93. The van der Waals surface area contributed by atoms with Gasteiger partial charge in [-0.1, -0.05) is 31.5 Å². The van der Waals surface area contributed by atoms with Crippen molar-refractivity contribution in [2.75, 3.05) is 5.32 Å². The standard InChI is InChI=1S/C14H19ClFN/c1-9-6-10(2)8-11(7-9)17-13-5-3-4-12(15)14(13)16/h3-5,9-11,17H,6-8H2,1-2H3. The lowest BCUT2D eigenvalue weighted by molar-refractivity contribution is 0.280. The highest BCUT2D eigenvalue weighted by Crippen LogP contribution is 2.31. The lowest BCUT2D eigenvalue weighted by Crippen LogP contribution is -2.30. The number of benzene rings is 1. The molecule has 0 saturated heterocycles. The average Bonchev–Trinajstić information content (AvgIpc) is 2.23. The largest absolute Gasteiger partial charge is 0.380 e. The average molecular weight is 256 g/mol. The van der Waals surface area contributed by atoms with Gasteiger partial charge >= 0.3 is 0 Å². The monoisotopic (exact) mass is 255 g/mol. The lowest BCUT2D eigenvalue weighted by atomic mass is 9.80. The second kappa shape index (κ2) is 5.26. The quantitative estimate of drug-likeness (QED) is 0.807. The molecule has 0 heterocycles. The Bertz CT molecular complexity index is 384. The smallest absolute Gasteiger partial charge is 0.164 e. The highest BCUT2D eigenvalue weighted by molar-refractivity contribution is 6.31. The van der Waals surface area contributed by atoms with Crippen molar-refractivity contribution in [3.63, 3.8) is 0 Å². The second-order valence-corrected chi connectivity index (χ2v) is 5.77. The summed E-state index contributed by atoms with van der Waals surface area (Å²) in [5.41, 5.74) is 0.531. The van der Waals surface area contributed by atoms with Crippen molar-refractivity contribution in [2.45, 2.75) is 39.2 Å². The summed E-state index contributed by atoms with van der Waals surface area (Å²) in [5, 5.41) is 3.48. The summed E-state index contributed by atoms with van der Waals surface area (Å²) in [6.45, 7) is 4.53. The van der Waals surface area contributed by atoms with Gasteiger partial charge in [0.1, 0.15) is 0 Å². The van der Waals surface area contributed by atoms with Crippen LogP contribution in [0.4, 0.5) is 10.1 Å². The van der Waals surface area contributed by atoms with Gasteiger partial charge in [-0.25, -0.2) is 4.39 Å². The van der Waals surface area contributed by atoms with Crippen molar-refractivity contribution >= 4 is 17.3 Å². The molecule has 1 aliphatic carbocycles. The molecule has 0 aliphatic heterocycles. The Morgan fingerprint density at radius 2 is 1.82 bits per heavy atom. The van der Waals surface area contributed by atoms with Gasteiger partial charge in [0, 0.05) is 6.04 Å². The fourth-order valence-electron chi connectivity index (χ4n) is 2.90. The first-order valence-electron chi connectivity index (χ1n) is 6.26. The van der Waals surface area contributed by atoms with Gasteiger partial charge in [-0.3, -0.25) is 0 Å². The van der Waals surface area contributed by atoms with Gasteiger partial charge in [0.05, 0.1) is 10.7 Å². The number of anilines is 1. The van der Waals surface area contributed by atoms with Gasteiger partial charge in [-0.2, -0.15) is 0 Å². The van der Waals surface area contributed by atoms with E-state index in [-0.39, 0.29) is 10.8 Å². The third-order valence-corrected chi connectivity index (χ3v) is 3.78. The summed E-state index contributed by atoms with van der Waals surface area (Å²) >= 11 is 5.77. The van der Waals surface area contributed by atoms with Crippen LogP contribution >= 0.6 is 11.6 Å². The first-order chi connectivity index (χ1) is 8.06. The number of hydrogen-bond donors (Lipinski definition) is 1. The number of rotatable bonds is 2. The Morgan fingerprint density at radius 3 is 2.47 bits per heavy atom. The second-order valence-electron chi connectivity index (χ2n) is 5.36. The van der Waals surface area contributed by atoms with Crippen LogP contribution in [0.1, 0.15) is 33.1 Å². The third-order valence-electron chi connectivity index (χ3n) is 3.49. The molecule has 0 amide bonds. The molecular weight excluding hydrogens is 237 g/mol. The summed E-state index contributed by atoms with van der Waals surface area (Å²) in [6.07, 6.45) is 3.49. The molecule has 1 fully saturated rings. The number of halogens is 2. The molecule has 0 radical (unpaired) electrons. The van der Waals surface area contributed by atoms with Gasteiger partial charge < -0.3 is 5.32 Å². The molecule has 1 aromatic carbocycles. The van der Waals surface area contributed by atoms with E-state index in [1.807, 2.05) is 0 Å². The molecule has 3 heteroatoms. The van der Waals surface area contributed by atoms with Crippen LogP contribution in [0.3, 0.4) is 0 Å². The van der Waals surface area contributed by atoms with E-state index in [4.69, 9.17) is 11.6 Å². The van der Waals surface area contributed by atoms with E-state index in [2.05, 4.69) is 19.2 Å². The fourth-order valence-corrected chi connectivity index (χ4v) is 3.07. The van der Waals surface area contributed by atoms with E-state index >= 15 is 0 Å². The minimum absolute atomic E-state index is 0.187. The van der Waals surface area contributed by atoms with E-state index in [0.717, 1.165) is 12.8 Å². The van der Waals surface area contributed by atoms with E-state index in [9.17, 15) is 4.39 Å². The van der Waals surface area contributed by atoms with Crippen molar-refractivity contribution in [3.8, 4) is 0 Å². The topological polar surface area (TPSA) is 12.0 Å². The molecule has 1 saturated carbocycles. The zero-order valence-electron chi connectivity index (χ0n) is 10.3. The van der Waals surface area contributed by atoms with Crippen LogP contribution in [-0.4, -0.2) is 6.04 Å². The molecule has 94 valence electrons. The highest BCUT2D eigenvalue weighted by atomic mass is 35.5. The van der Waals surface area contributed by atoms with E-state index in [1.54, 1.807) is 18.2 Å². The van der Waals surface area contributed by atoms with Crippen molar-refractivity contribution < 1.29 is 4.39 Å². The van der Waals surface area contributed by atoms with Crippen LogP contribution < -0.4 is 5.32 Å². The molecule has 0 bridgehead atoms. The van der Waals surface area contributed by atoms with Crippen LogP contribution in [0, 0.1) is 17.7 Å². The zero-order valence-corrected chi connectivity index (χ0v) is 11.1. The first-order valence-corrected chi connectivity index (χ1v) is 6.64. The summed E-state index contributed by atoms with van der Waals surface area (Å²) in [4.78, 5) is 0. The van der Waals surface area contributed by atoms with Gasteiger partial charge in [-0.05, 0) is 43.2 Å². The highest BCUT2D eigenvalue weighted by Gasteiger charge is 2.24. The van der Waals surface area contributed by atoms with Gasteiger partial charge in [-0.15, -0.1) is 0 Å². The Balaban J connectivity index is 2.07. The zero-order chi connectivity index (χ0) is 12.4. The maximum absolute atomic E-state index is 13.8. The predicted octanol–water partition coefficient (Wildman–Crippen LogP) is 4.72. The summed E-state index contributed by atoms with van der Waals surface area (Å²) in [5.74, 6) is 1.08. The summed E-state index contributed by atoms with van der Waals surface area (Å²) < 4.78 is 13.8. The molecule has 17 heavy (non-hydrogen) atoms. The maximum Gasteiger partial charge on any atom is 0.164 e. The molecule has 2 rings (SSSR count). The van der Waals surface area contributed by atoms with E-state index < -0.39 is 0 Å². The maximum atomic E-state index is 13.8. The predicted molar refractivity (Wildman–Crippen MR) is 71.0 cm³/mol. The van der Waals surface area contributed by atoms with Crippen LogP contribution in [0.15, 0.2) is 18.2 Å². The van der Waals surface area contributed by atoms with Gasteiger partial charge in [0.25, 0.3) is 0 Å². The Hall–Kier alpha value is -0.760.